The third-order valence-corrected chi connectivity index (χ3v) is 2.79. The number of aliphatic hydroxyl groups excluding tert-OH is 1. The Labute approximate surface area is 85.0 Å². The molecule has 0 saturated carbocycles. The lowest BCUT2D eigenvalue weighted by atomic mass is 9.91. The molecular formula is C12H17NO. The number of benzene rings is 1. The van der Waals surface area contributed by atoms with Gasteiger partial charge in [0.15, 0.2) is 0 Å². The van der Waals surface area contributed by atoms with E-state index in [0.29, 0.717) is 5.92 Å². The van der Waals surface area contributed by atoms with E-state index in [-0.39, 0.29) is 6.10 Å². The Kier molecular flexibility index (Phi) is 3.17. The van der Waals surface area contributed by atoms with Crippen LogP contribution in [0.15, 0.2) is 30.3 Å². The molecule has 2 atom stereocenters. The van der Waals surface area contributed by atoms with Gasteiger partial charge < -0.3 is 10.4 Å². The molecular weight excluding hydrogens is 174 g/mol. The van der Waals surface area contributed by atoms with E-state index in [4.69, 9.17) is 0 Å². The second-order valence-electron chi connectivity index (χ2n) is 4.10. The zero-order valence-corrected chi connectivity index (χ0v) is 8.32. The van der Waals surface area contributed by atoms with Crippen molar-refractivity contribution < 1.29 is 5.11 Å². The predicted octanol–water partition coefficient (Wildman–Crippen LogP) is 1.20. The van der Waals surface area contributed by atoms with Gasteiger partial charge in [-0.3, -0.25) is 0 Å². The molecule has 1 aromatic carbocycles. The van der Waals surface area contributed by atoms with E-state index in [2.05, 4.69) is 29.6 Å². The van der Waals surface area contributed by atoms with Crippen LogP contribution in [0.5, 0.6) is 0 Å². The minimum atomic E-state index is -0.155. The van der Waals surface area contributed by atoms with Crippen LogP contribution in [0.1, 0.15) is 12.0 Å². The maximum atomic E-state index is 9.50. The zero-order chi connectivity index (χ0) is 9.80. The summed E-state index contributed by atoms with van der Waals surface area (Å²) >= 11 is 0. The van der Waals surface area contributed by atoms with Gasteiger partial charge in [0, 0.05) is 6.54 Å². The first kappa shape index (κ1) is 9.69. The number of hydrogen-bond donors (Lipinski definition) is 2. The molecule has 1 aliphatic heterocycles. The Bertz CT molecular complexity index is 273. The van der Waals surface area contributed by atoms with Crippen molar-refractivity contribution in [3.05, 3.63) is 35.9 Å². The summed E-state index contributed by atoms with van der Waals surface area (Å²) in [6.07, 6.45) is 1.85. The van der Waals surface area contributed by atoms with E-state index in [1.807, 2.05) is 6.07 Å². The van der Waals surface area contributed by atoms with Crippen LogP contribution in [0.25, 0.3) is 0 Å². The monoisotopic (exact) mass is 191 g/mol. The lowest BCUT2D eigenvalue weighted by Crippen LogP contribution is -2.40. The van der Waals surface area contributed by atoms with Crippen molar-refractivity contribution in [2.45, 2.75) is 18.9 Å². The van der Waals surface area contributed by atoms with Crippen molar-refractivity contribution >= 4 is 0 Å². The molecule has 2 N–H and O–H groups in total. The van der Waals surface area contributed by atoms with Gasteiger partial charge in [-0.1, -0.05) is 30.3 Å². The second kappa shape index (κ2) is 4.58. The van der Waals surface area contributed by atoms with Crippen molar-refractivity contribution in [1.29, 1.82) is 0 Å². The summed E-state index contributed by atoms with van der Waals surface area (Å²) in [5.74, 6) is 0.584. The zero-order valence-electron chi connectivity index (χ0n) is 8.32. The van der Waals surface area contributed by atoms with Gasteiger partial charge in [-0.2, -0.15) is 0 Å². The van der Waals surface area contributed by atoms with Gasteiger partial charge in [0.05, 0.1) is 6.10 Å². The first-order chi connectivity index (χ1) is 6.84. The summed E-state index contributed by atoms with van der Waals surface area (Å²) in [6.45, 7) is 1.79. The van der Waals surface area contributed by atoms with Crippen molar-refractivity contribution in [3.8, 4) is 0 Å². The van der Waals surface area contributed by atoms with Gasteiger partial charge in [0.1, 0.15) is 0 Å². The van der Waals surface area contributed by atoms with E-state index >= 15 is 0 Å². The summed E-state index contributed by atoms with van der Waals surface area (Å²) in [6, 6.07) is 10.5. The SMILES string of the molecule is OC1CNCC(Cc2ccccc2)C1. The average Bonchev–Trinajstić information content (AvgIpc) is 2.19. The van der Waals surface area contributed by atoms with Crippen molar-refractivity contribution in [2.75, 3.05) is 13.1 Å². The average molecular weight is 191 g/mol. The fraction of sp³-hybridized carbons (Fsp3) is 0.500. The molecule has 0 spiro atoms. The molecule has 1 aliphatic rings. The van der Waals surface area contributed by atoms with Crippen LogP contribution in [0.2, 0.25) is 0 Å². The van der Waals surface area contributed by atoms with Crippen LogP contribution in [0, 0.1) is 5.92 Å². The highest BCUT2D eigenvalue weighted by Crippen LogP contribution is 2.16. The van der Waals surface area contributed by atoms with Crippen LogP contribution in [0.4, 0.5) is 0 Å². The summed E-state index contributed by atoms with van der Waals surface area (Å²) < 4.78 is 0. The minimum absolute atomic E-state index is 0.155. The number of aliphatic hydroxyl groups is 1. The molecule has 1 fully saturated rings. The molecule has 0 aromatic heterocycles. The third-order valence-electron chi connectivity index (χ3n) is 2.79. The highest BCUT2D eigenvalue weighted by Gasteiger charge is 2.19. The van der Waals surface area contributed by atoms with Crippen LogP contribution in [0.3, 0.4) is 0 Å². The smallest absolute Gasteiger partial charge is 0.0667 e. The number of rotatable bonds is 2. The van der Waals surface area contributed by atoms with Crippen LogP contribution >= 0.6 is 0 Å². The highest BCUT2D eigenvalue weighted by atomic mass is 16.3. The molecule has 2 unspecified atom stereocenters. The van der Waals surface area contributed by atoms with Gasteiger partial charge in [0.25, 0.3) is 0 Å². The summed E-state index contributed by atoms with van der Waals surface area (Å²) in [4.78, 5) is 0. The van der Waals surface area contributed by atoms with E-state index in [0.717, 1.165) is 25.9 Å². The molecule has 14 heavy (non-hydrogen) atoms. The minimum Gasteiger partial charge on any atom is -0.392 e. The number of nitrogens with one attached hydrogen (secondary N) is 1. The van der Waals surface area contributed by atoms with Crippen LogP contribution < -0.4 is 5.32 Å². The maximum absolute atomic E-state index is 9.50. The summed E-state index contributed by atoms with van der Waals surface area (Å²) in [5.41, 5.74) is 1.37. The highest BCUT2D eigenvalue weighted by molar-refractivity contribution is 5.15. The van der Waals surface area contributed by atoms with E-state index in [1.54, 1.807) is 0 Å². The molecule has 76 valence electrons. The van der Waals surface area contributed by atoms with E-state index < -0.39 is 0 Å². The van der Waals surface area contributed by atoms with Gasteiger partial charge in [-0.15, -0.1) is 0 Å². The van der Waals surface area contributed by atoms with Gasteiger partial charge in [0.2, 0.25) is 0 Å². The van der Waals surface area contributed by atoms with Crippen LogP contribution in [-0.4, -0.2) is 24.3 Å². The van der Waals surface area contributed by atoms with Crippen molar-refractivity contribution in [1.82, 2.24) is 5.32 Å². The predicted molar refractivity (Wildman–Crippen MR) is 57.1 cm³/mol. The van der Waals surface area contributed by atoms with E-state index in [1.165, 1.54) is 5.56 Å². The van der Waals surface area contributed by atoms with Crippen LogP contribution in [-0.2, 0) is 6.42 Å². The maximum Gasteiger partial charge on any atom is 0.0667 e. The second-order valence-corrected chi connectivity index (χ2v) is 4.10. The fourth-order valence-corrected chi connectivity index (χ4v) is 2.11. The lowest BCUT2D eigenvalue weighted by molar-refractivity contribution is 0.114. The van der Waals surface area contributed by atoms with Crippen molar-refractivity contribution in [3.63, 3.8) is 0 Å². The molecule has 0 radical (unpaired) electrons. The Hall–Kier alpha value is -0.860. The lowest BCUT2D eigenvalue weighted by Gasteiger charge is -2.26. The standard InChI is InChI=1S/C12H17NO/c14-12-7-11(8-13-9-12)6-10-4-2-1-3-5-10/h1-5,11-14H,6-9H2. The Balaban J connectivity index is 1.91. The summed E-state index contributed by atoms with van der Waals surface area (Å²) in [7, 11) is 0. The quantitative estimate of drug-likeness (QED) is 0.736. The molecule has 1 aromatic rings. The molecule has 2 nitrogen and oxygen atoms in total. The van der Waals surface area contributed by atoms with Gasteiger partial charge in [-0.05, 0) is 30.9 Å². The Morgan fingerprint density at radius 3 is 2.71 bits per heavy atom. The van der Waals surface area contributed by atoms with Gasteiger partial charge in [-0.25, -0.2) is 0 Å². The largest absolute Gasteiger partial charge is 0.392 e. The molecule has 0 bridgehead atoms. The molecule has 1 saturated heterocycles. The molecule has 0 aliphatic carbocycles. The molecule has 0 amide bonds. The molecule has 2 heteroatoms. The Morgan fingerprint density at radius 2 is 2.00 bits per heavy atom. The van der Waals surface area contributed by atoms with E-state index in [9.17, 15) is 5.11 Å². The fourth-order valence-electron chi connectivity index (χ4n) is 2.11. The molecule has 2 rings (SSSR count). The number of hydrogen-bond acceptors (Lipinski definition) is 2. The normalized spacial score (nSPS) is 27.5. The van der Waals surface area contributed by atoms with Gasteiger partial charge >= 0.3 is 0 Å². The molecule has 1 heterocycles. The first-order valence-electron chi connectivity index (χ1n) is 5.27. The van der Waals surface area contributed by atoms with Crippen molar-refractivity contribution in [2.24, 2.45) is 5.92 Å². The first-order valence-corrected chi connectivity index (χ1v) is 5.27. The number of β-amino-alcohol motifs (C(OH)–C–C–N with tert-alkyl or cyclic N) is 1. The Morgan fingerprint density at radius 1 is 1.21 bits per heavy atom. The summed E-state index contributed by atoms with van der Waals surface area (Å²) in [5, 5.41) is 12.7. The third kappa shape index (κ3) is 2.56. The topological polar surface area (TPSA) is 32.3 Å². The number of piperidine rings is 1.